The Kier molecular flexibility index (Phi) is 4.29. The molecule has 0 unspecified atom stereocenters. The van der Waals surface area contributed by atoms with Gasteiger partial charge >= 0.3 is 0 Å². The lowest BCUT2D eigenvalue weighted by Crippen LogP contribution is -2.42. The molecule has 0 bridgehead atoms. The minimum atomic E-state index is -1.09. The van der Waals surface area contributed by atoms with Crippen LogP contribution in [0.4, 0.5) is 0 Å². The number of hydrogen-bond donors (Lipinski definition) is 1. The van der Waals surface area contributed by atoms with E-state index in [0.717, 1.165) is 23.0 Å². The van der Waals surface area contributed by atoms with Gasteiger partial charge in [0.15, 0.2) is 0 Å². The van der Waals surface area contributed by atoms with Crippen LogP contribution in [-0.4, -0.2) is 17.6 Å². The Hall–Kier alpha value is -2.59. The zero-order valence-electron chi connectivity index (χ0n) is 14.8. The van der Waals surface area contributed by atoms with Crippen LogP contribution >= 0.6 is 0 Å². The third-order valence-corrected chi connectivity index (χ3v) is 5.50. The highest BCUT2D eigenvalue weighted by atomic mass is 16.5. The zero-order chi connectivity index (χ0) is 18.1. The molecule has 1 aliphatic rings. The number of carboxylic acids is 1. The molecular weight excluding hydrogens is 326 g/mol. The van der Waals surface area contributed by atoms with Gasteiger partial charge in [0.25, 0.3) is 0 Å². The maximum absolute atomic E-state index is 11.4. The van der Waals surface area contributed by atoms with Crippen LogP contribution in [0.5, 0.6) is 0 Å². The SMILES string of the molecule is CC[C@@]1(CC(=O)[O-])OC[C@H](Cc2ccccc2)c2c1[nH]c1ccccc21. The molecule has 0 saturated carbocycles. The van der Waals surface area contributed by atoms with Gasteiger partial charge in [0.1, 0.15) is 5.60 Å². The van der Waals surface area contributed by atoms with E-state index in [0.29, 0.717) is 13.0 Å². The molecule has 0 spiro atoms. The first-order chi connectivity index (χ1) is 12.6. The number of hydrogen-bond acceptors (Lipinski definition) is 3. The molecule has 4 rings (SSSR count). The average molecular weight is 348 g/mol. The van der Waals surface area contributed by atoms with Crippen molar-refractivity contribution in [2.75, 3.05) is 6.61 Å². The van der Waals surface area contributed by atoms with E-state index in [1.807, 2.05) is 43.3 Å². The number of nitrogens with one attached hydrogen (secondary N) is 1. The second-order valence-electron chi connectivity index (χ2n) is 7.05. The second kappa shape index (κ2) is 6.61. The fourth-order valence-corrected chi connectivity index (χ4v) is 4.20. The molecule has 0 aliphatic carbocycles. The molecule has 2 atom stereocenters. The molecule has 0 fully saturated rings. The molecule has 0 amide bonds. The monoisotopic (exact) mass is 348 g/mol. The van der Waals surface area contributed by atoms with Crippen LogP contribution in [0.15, 0.2) is 54.6 Å². The van der Waals surface area contributed by atoms with E-state index in [1.165, 1.54) is 11.1 Å². The van der Waals surface area contributed by atoms with Crippen molar-refractivity contribution in [2.24, 2.45) is 0 Å². The summed E-state index contributed by atoms with van der Waals surface area (Å²) in [7, 11) is 0. The van der Waals surface area contributed by atoms with Crippen molar-refractivity contribution in [1.29, 1.82) is 0 Å². The summed E-state index contributed by atoms with van der Waals surface area (Å²) in [6.45, 7) is 2.47. The predicted molar refractivity (Wildman–Crippen MR) is 98.7 cm³/mol. The highest BCUT2D eigenvalue weighted by Gasteiger charge is 2.42. The molecule has 0 radical (unpaired) electrons. The Bertz CT molecular complexity index is 931. The molecule has 4 nitrogen and oxygen atoms in total. The van der Waals surface area contributed by atoms with Gasteiger partial charge in [-0.15, -0.1) is 0 Å². The molecule has 2 aromatic carbocycles. The Morgan fingerprint density at radius 3 is 2.65 bits per heavy atom. The van der Waals surface area contributed by atoms with E-state index in [-0.39, 0.29) is 12.3 Å². The summed E-state index contributed by atoms with van der Waals surface area (Å²) in [6, 6.07) is 18.5. The summed E-state index contributed by atoms with van der Waals surface area (Å²) >= 11 is 0. The van der Waals surface area contributed by atoms with Crippen molar-refractivity contribution >= 4 is 16.9 Å². The lowest BCUT2D eigenvalue weighted by molar-refractivity contribution is -0.311. The number of H-pyrrole nitrogens is 1. The second-order valence-corrected chi connectivity index (χ2v) is 7.05. The number of aromatic amines is 1. The van der Waals surface area contributed by atoms with Crippen LogP contribution in [-0.2, 0) is 21.6 Å². The number of fused-ring (bicyclic) bond motifs is 3. The molecule has 0 saturated heterocycles. The van der Waals surface area contributed by atoms with Crippen molar-refractivity contribution in [1.82, 2.24) is 4.98 Å². The van der Waals surface area contributed by atoms with Crippen molar-refractivity contribution in [3.63, 3.8) is 0 Å². The maximum Gasteiger partial charge on any atom is 0.113 e. The number of aromatic nitrogens is 1. The number of aliphatic carboxylic acids is 1. The van der Waals surface area contributed by atoms with Gasteiger partial charge in [0.2, 0.25) is 0 Å². The molecule has 4 heteroatoms. The van der Waals surface area contributed by atoms with E-state index >= 15 is 0 Å². The normalized spacial score (nSPS) is 22.3. The summed E-state index contributed by atoms with van der Waals surface area (Å²) in [5, 5.41) is 12.6. The van der Waals surface area contributed by atoms with Gasteiger partial charge in [-0.3, -0.25) is 0 Å². The van der Waals surface area contributed by atoms with Crippen LogP contribution in [0.2, 0.25) is 0 Å². The Labute approximate surface area is 152 Å². The number of para-hydroxylation sites is 1. The number of benzene rings is 2. The van der Waals surface area contributed by atoms with Gasteiger partial charge in [-0.2, -0.15) is 0 Å². The summed E-state index contributed by atoms with van der Waals surface area (Å²) in [5.41, 5.74) is 3.52. The van der Waals surface area contributed by atoms with Crippen LogP contribution in [0.25, 0.3) is 10.9 Å². The van der Waals surface area contributed by atoms with Gasteiger partial charge in [-0.1, -0.05) is 55.5 Å². The van der Waals surface area contributed by atoms with E-state index in [4.69, 9.17) is 4.74 Å². The van der Waals surface area contributed by atoms with Crippen molar-refractivity contribution in [3.05, 3.63) is 71.4 Å². The Morgan fingerprint density at radius 2 is 1.92 bits per heavy atom. The molecular formula is C22H22NO3-. The topological polar surface area (TPSA) is 65.2 Å². The third kappa shape index (κ3) is 2.80. The molecule has 1 aromatic heterocycles. The van der Waals surface area contributed by atoms with Crippen molar-refractivity contribution < 1.29 is 14.6 Å². The van der Waals surface area contributed by atoms with Gasteiger partial charge in [-0.05, 0) is 30.0 Å². The van der Waals surface area contributed by atoms with Gasteiger partial charge in [-0.25, -0.2) is 0 Å². The highest BCUT2D eigenvalue weighted by molar-refractivity contribution is 5.86. The van der Waals surface area contributed by atoms with Gasteiger partial charge < -0.3 is 19.6 Å². The fourth-order valence-electron chi connectivity index (χ4n) is 4.20. The largest absolute Gasteiger partial charge is 0.550 e. The number of carbonyl (C=O) groups is 1. The molecule has 26 heavy (non-hydrogen) atoms. The van der Waals surface area contributed by atoms with Gasteiger partial charge in [0.05, 0.1) is 12.3 Å². The Morgan fingerprint density at radius 1 is 1.19 bits per heavy atom. The Balaban J connectivity index is 1.85. The minimum absolute atomic E-state index is 0.138. The first-order valence-electron chi connectivity index (χ1n) is 9.12. The summed E-state index contributed by atoms with van der Waals surface area (Å²) < 4.78 is 6.21. The first-order valence-corrected chi connectivity index (χ1v) is 9.12. The summed E-state index contributed by atoms with van der Waals surface area (Å²) in [5.74, 6) is -0.900. The van der Waals surface area contributed by atoms with Crippen molar-refractivity contribution in [3.8, 4) is 0 Å². The molecule has 134 valence electrons. The highest BCUT2D eigenvalue weighted by Crippen LogP contribution is 2.46. The number of ether oxygens (including phenoxy) is 1. The maximum atomic E-state index is 11.4. The lowest BCUT2D eigenvalue weighted by atomic mass is 9.80. The average Bonchev–Trinajstić information content (AvgIpc) is 3.05. The molecule has 2 heterocycles. The van der Waals surface area contributed by atoms with Crippen LogP contribution < -0.4 is 5.11 Å². The standard InChI is InChI=1S/C22H23NO3/c1-2-22(13-19(24)25)21-20(17-10-6-7-11-18(17)23-21)16(14-26-22)12-15-8-4-3-5-9-15/h3-11,16,23H,2,12-14H2,1H3,(H,24,25)/p-1/t16-,22-/m0/s1. The van der Waals surface area contributed by atoms with E-state index in [1.54, 1.807) is 0 Å². The van der Waals surface area contributed by atoms with Gasteiger partial charge in [0, 0.05) is 29.2 Å². The quantitative estimate of drug-likeness (QED) is 0.770. The zero-order valence-corrected chi connectivity index (χ0v) is 14.8. The van der Waals surface area contributed by atoms with E-state index in [2.05, 4.69) is 23.2 Å². The summed E-state index contributed by atoms with van der Waals surface area (Å²) in [6.07, 6.45) is 1.31. The van der Waals surface area contributed by atoms with E-state index < -0.39 is 11.6 Å². The number of rotatable bonds is 5. The fraction of sp³-hybridized carbons (Fsp3) is 0.318. The lowest BCUT2D eigenvalue weighted by Gasteiger charge is -2.40. The van der Waals surface area contributed by atoms with Crippen molar-refractivity contribution in [2.45, 2.75) is 37.7 Å². The van der Waals surface area contributed by atoms with Crippen LogP contribution in [0.3, 0.4) is 0 Å². The number of carbonyl (C=O) groups excluding carboxylic acids is 1. The molecule has 1 N–H and O–H groups in total. The number of carboxylic acid groups (broad SMARTS) is 1. The van der Waals surface area contributed by atoms with E-state index in [9.17, 15) is 9.90 Å². The van der Waals surface area contributed by atoms with Crippen LogP contribution in [0.1, 0.15) is 42.5 Å². The predicted octanol–water partition coefficient (Wildman–Crippen LogP) is 3.27. The first kappa shape index (κ1) is 16.9. The third-order valence-electron chi connectivity index (χ3n) is 5.50. The van der Waals surface area contributed by atoms with Crippen LogP contribution in [0, 0.1) is 0 Å². The summed E-state index contributed by atoms with van der Waals surface area (Å²) in [4.78, 5) is 14.9. The molecule has 1 aliphatic heterocycles. The minimum Gasteiger partial charge on any atom is -0.550 e. The smallest absolute Gasteiger partial charge is 0.113 e. The molecule has 3 aromatic rings.